The van der Waals surface area contributed by atoms with E-state index in [2.05, 4.69) is 37.8 Å². The summed E-state index contributed by atoms with van der Waals surface area (Å²) in [6.07, 6.45) is 6.42. The van der Waals surface area contributed by atoms with Gasteiger partial charge < -0.3 is 30.5 Å². The van der Waals surface area contributed by atoms with Gasteiger partial charge >= 0.3 is 0 Å². The maximum atomic E-state index is 13.1. The lowest BCUT2D eigenvalue weighted by atomic mass is 10.1. The summed E-state index contributed by atoms with van der Waals surface area (Å²) in [6.45, 7) is 1.47. The van der Waals surface area contributed by atoms with Gasteiger partial charge in [-0.3, -0.25) is 9.59 Å². The zero-order valence-electron chi connectivity index (χ0n) is 22.8. The molecule has 2 aromatic rings. The first-order chi connectivity index (χ1) is 18.8. The fourth-order valence-electron chi connectivity index (χ4n) is 3.97. The molecule has 3 rings (SSSR count). The molecule has 3 N–H and O–H groups in total. The van der Waals surface area contributed by atoms with Crippen molar-refractivity contribution >= 4 is 29.3 Å². The molecule has 0 saturated carbocycles. The monoisotopic (exact) mass is 537 g/mol. The lowest BCUT2D eigenvalue weighted by Crippen LogP contribution is -2.45. The average molecular weight is 538 g/mol. The van der Waals surface area contributed by atoms with Crippen LogP contribution in [-0.2, 0) is 14.3 Å². The summed E-state index contributed by atoms with van der Waals surface area (Å²) >= 11 is 0. The van der Waals surface area contributed by atoms with E-state index in [9.17, 15) is 14.0 Å². The van der Waals surface area contributed by atoms with Gasteiger partial charge in [0.1, 0.15) is 17.7 Å². The number of nitrogens with zero attached hydrogens (tertiary/aromatic N) is 4. The van der Waals surface area contributed by atoms with E-state index in [1.165, 1.54) is 18.2 Å². The smallest absolute Gasteiger partial charge is 0.247 e. The van der Waals surface area contributed by atoms with Crippen LogP contribution in [0.5, 0.6) is 0 Å². The maximum Gasteiger partial charge on any atom is 0.247 e. The number of likely N-dealkylation sites (N-methyl/N-ethyl adjacent to an activating group) is 1. The second-order valence-electron chi connectivity index (χ2n) is 9.30. The highest BCUT2D eigenvalue weighted by molar-refractivity contribution is 5.93. The van der Waals surface area contributed by atoms with Crippen molar-refractivity contribution in [3.8, 4) is 11.8 Å². The quantitative estimate of drug-likeness (QED) is 0.228. The Bertz CT molecular complexity index is 1210. The van der Waals surface area contributed by atoms with Gasteiger partial charge in [0.05, 0.1) is 17.9 Å². The number of unbranched alkanes of at least 4 members (excludes halogenated alkanes) is 1. The Morgan fingerprint density at radius 1 is 1.28 bits per heavy atom. The number of aromatic nitrogens is 2. The number of ether oxygens (including phenoxy) is 1. The van der Waals surface area contributed by atoms with E-state index >= 15 is 0 Å². The fourth-order valence-corrected chi connectivity index (χ4v) is 3.97. The number of hydrogen-bond acceptors (Lipinski definition) is 8. The van der Waals surface area contributed by atoms with Gasteiger partial charge in [-0.25, -0.2) is 9.37 Å². The molecule has 10 nitrogen and oxygen atoms in total. The van der Waals surface area contributed by atoms with Crippen LogP contribution in [0.2, 0.25) is 0 Å². The molecule has 0 radical (unpaired) electrons. The molecule has 0 spiro atoms. The first-order valence-electron chi connectivity index (χ1n) is 12.8. The van der Waals surface area contributed by atoms with Gasteiger partial charge in [-0.2, -0.15) is 4.98 Å². The Hall–Kier alpha value is -4.01. The summed E-state index contributed by atoms with van der Waals surface area (Å²) in [7, 11) is 7.18. The number of nitrogens with one attached hydrogen (secondary N) is 3. The zero-order valence-corrected chi connectivity index (χ0v) is 22.8. The number of carbonyl (C=O) groups is 2. The number of hydrogen-bond donors (Lipinski definition) is 3. The summed E-state index contributed by atoms with van der Waals surface area (Å²) in [5, 5.41) is 8.96. The topological polar surface area (TPSA) is 112 Å². The van der Waals surface area contributed by atoms with Gasteiger partial charge in [0.15, 0.2) is 0 Å². The van der Waals surface area contributed by atoms with E-state index in [1.54, 1.807) is 43.5 Å². The Kier molecular flexibility index (Phi) is 11.2. The van der Waals surface area contributed by atoms with Gasteiger partial charge in [0, 0.05) is 58.4 Å². The van der Waals surface area contributed by atoms with Gasteiger partial charge in [-0.05, 0) is 44.8 Å². The minimum Gasteiger partial charge on any atom is -0.380 e. The second kappa shape index (κ2) is 14.8. The molecule has 0 aliphatic carbocycles. The summed E-state index contributed by atoms with van der Waals surface area (Å²) in [6, 6.07) is 5.36. The number of likely N-dealkylation sites (tertiary alicyclic amines) is 1. The summed E-state index contributed by atoms with van der Waals surface area (Å²) in [5.41, 5.74) is 1.31. The third-order valence-corrected chi connectivity index (χ3v) is 6.04. The normalized spacial score (nSPS) is 16.7. The Morgan fingerprint density at radius 3 is 2.74 bits per heavy atom. The molecule has 11 heteroatoms. The zero-order chi connectivity index (χ0) is 28.2. The number of rotatable bonds is 11. The largest absolute Gasteiger partial charge is 0.380 e. The number of anilines is 3. The van der Waals surface area contributed by atoms with E-state index in [0.717, 1.165) is 0 Å². The molecule has 1 saturated heterocycles. The molecule has 1 aromatic carbocycles. The lowest BCUT2D eigenvalue weighted by molar-refractivity contribution is -0.135. The van der Waals surface area contributed by atoms with Gasteiger partial charge in [0.25, 0.3) is 0 Å². The molecule has 208 valence electrons. The standard InChI is InChI=1S/C28H36FN7O3/c1-30-26-20(18-32-28(34-26)33-22-13-11-21(29)12-14-22)9-6-5-7-15-31-27(38)24-17-23(39-4)19-36(24)25(37)10-8-16-35(2)3/h8,10-14,18,23-24H,5,7,15-17,19H2,1-4H3,(H,31,38)(H2,30,32,33,34)/b10-8+/t23-,24?/m0/s1. The highest BCUT2D eigenvalue weighted by Crippen LogP contribution is 2.21. The molecule has 2 amide bonds. The van der Waals surface area contributed by atoms with Crippen LogP contribution in [0.15, 0.2) is 42.6 Å². The van der Waals surface area contributed by atoms with Crippen LogP contribution >= 0.6 is 0 Å². The number of carbonyl (C=O) groups excluding carboxylic acids is 2. The lowest BCUT2D eigenvalue weighted by Gasteiger charge is -2.22. The molecule has 1 fully saturated rings. The van der Waals surface area contributed by atoms with Crippen LogP contribution < -0.4 is 16.0 Å². The molecule has 1 aliphatic rings. The predicted molar refractivity (Wildman–Crippen MR) is 149 cm³/mol. The third-order valence-electron chi connectivity index (χ3n) is 6.04. The van der Waals surface area contributed by atoms with Gasteiger partial charge in [-0.1, -0.05) is 17.9 Å². The van der Waals surface area contributed by atoms with Crippen LogP contribution in [0.25, 0.3) is 0 Å². The SMILES string of the molecule is CNc1nc(Nc2ccc(F)cc2)ncc1C#CCCCNC(=O)C1C[C@H](OC)CN1C(=O)/C=C/CN(C)C. The summed E-state index contributed by atoms with van der Waals surface area (Å²) < 4.78 is 18.5. The van der Waals surface area contributed by atoms with Crippen molar-refractivity contribution in [2.75, 3.05) is 58.5 Å². The average Bonchev–Trinajstić information content (AvgIpc) is 3.37. The second-order valence-corrected chi connectivity index (χ2v) is 9.30. The number of benzene rings is 1. The number of amides is 2. The predicted octanol–water partition coefficient (Wildman–Crippen LogP) is 2.38. The van der Waals surface area contributed by atoms with Crippen LogP contribution in [0, 0.1) is 17.7 Å². The van der Waals surface area contributed by atoms with Crippen molar-refractivity contribution < 1.29 is 18.7 Å². The summed E-state index contributed by atoms with van der Waals surface area (Å²) in [4.78, 5) is 37.7. The van der Waals surface area contributed by atoms with Crippen LogP contribution in [0.1, 0.15) is 24.8 Å². The molecule has 39 heavy (non-hydrogen) atoms. The molecular weight excluding hydrogens is 501 g/mol. The highest BCUT2D eigenvalue weighted by atomic mass is 19.1. The Labute approximate surface area is 229 Å². The highest BCUT2D eigenvalue weighted by Gasteiger charge is 2.38. The molecule has 0 bridgehead atoms. The molecule has 1 unspecified atom stereocenters. The first kappa shape index (κ1) is 29.5. The minimum absolute atomic E-state index is 0.168. The molecule has 2 atom stereocenters. The number of methoxy groups -OCH3 is 1. The Morgan fingerprint density at radius 2 is 2.05 bits per heavy atom. The number of halogens is 1. The fraction of sp³-hybridized carbons (Fsp3) is 0.429. The van der Waals surface area contributed by atoms with Gasteiger partial charge in [-0.15, -0.1) is 0 Å². The van der Waals surface area contributed by atoms with Crippen molar-refractivity contribution in [3.05, 3.63) is 54.0 Å². The summed E-state index contributed by atoms with van der Waals surface area (Å²) in [5.74, 6) is 6.38. The van der Waals surface area contributed by atoms with E-state index in [0.29, 0.717) is 61.9 Å². The molecular formula is C28H36FN7O3. The maximum absolute atomic E-state index is 13.1. The van der Waals surface area contributed by atoms with Crippen molar-refractivity contribution in [2.24, 2.45) is 0 Å². The Balaban J connectivity index is 1.49. The molecule has 1 aliphatic heterocycles. The van der Waals surface area contributed by atoms with E-state index in [1.807, 2.05) is 19.0 Å². The van der Waals surface area contributed by atoms with E-state index in [4.69, 9.17) is 4.74 Å². The van der Waals surface area contributed by atoms with Crippen LogP contribution in [0.4, 0.5) is 21.8 Å². The molecule has 2 heterocycles. The first-order valence-corrected chi connectivity index (χ1v) is 12.8. The van der Waals surface area contributed by atoms with Crippen LogP contribution in [0.3, 0.4) is 0 Å². The van der Waals surface area contributed by atoms with Crippen molar-refractivity contribution in [2.45, 2.75) is 31.4 Å². The van der Waals surface area contributed by atoms with E-state index < -0.39 is 6.04 Å². The van der Waals surface area contributed by atoms with Crippen molar-refractivity contribution in [1.82, 2.24) is 25.1 Å². The van der Waals surface area contributed by atoms with Gasteiger partial charge in [0.2, 0.25) is 17.8 Å². The van der Waals surface area contributed by atoms with Crippen molar-refractivity contribution in [3.63, 3.8) is 0 Å². The third kappa shape index (κ3) is 9.05. The minimum atomic E-state index is -0.560. The van der Waals surface area contributed by atoms with Crippen LogP contribution in [-0.4, -0.2) is 91.6 Å². The van der Waals surface area contributed by atoms with Crippen molar-refractivity contribution in [1.29, 1.82) is 0 Å². The molecule has 1 aromatic heterocycles. The van der Waals surface area contributed by atoms with E-state index in [-0.39, 0.29) is 23.7 Å².